The fraction of sp³-hybridized carbons (Fsp3) is 0.250. The van der Waals surface area contributed by atoms with Gasteiger partial charge in [0.25, 0.3) is 0 Å². The van der Waals surface area contributed by atoms with Crippen LogP contribution >= 0.6 is 0 Å². The van der Waals surface area contributed by atoms with E-state index in [1.807, 2.05) is 23.1 Å². The predicted molar refractivity (Wildman–Crippen MR) is 97.6 cm³/mol. The maximum absolute atomic E-state index is 12.9. The summed E-state index contributed by atoms with van der Waals surface area (Å²) >= 11 is 0. The van der Waals surface area contributed by atoms with Gasteiger partial charge in [-0.05, 0) is 42.5 Å². The molecular formula is C20H18F3N3. The van der Waals surface area contributed by atoms with E-state index >= 15 is 0 Å². The third-order valence-electron chi connectivity index (χ3n) is 4.77. The molecule has 0 spiro atoms. The van der Waals surface area contributed by atoms with Crippen LogP contribution in [0.4, 0.5) is 24.5 Å². The molecule has 1 aliphatic rings. The number of fused-ring (bicyclic) bond motifs is 1. The van der Waals surface area contributed by atoms with Gasteiger partial charge in [0.05, 0.1) is 11.1 Å². The molecule has 1 fully saturated rings. The maximum Gasteiger partial charge on any atom is 0.416 e. The number of hydrogen-bond acceptors (Lipinski definition) is 3. The van der Waals surface area contributed by atoms with Crippen molar-refractivity contribution in [2.75, 3.05) is 36.0 Å². The Balaban J connectivity index is 1.48. The highest BCUT2D eigenvalue weighted by atomic mass is 19.4. The number of halogens is 3. The summed E-state index contributed by atoms with van der Waals surface area (Å²) in [5.41, 5.74) is 2.11. The Hall–Kier alpha value is -2.76. The monoisotopic (exact) mass is 357 g/mol. The van der Waals surface area contributed by atoms with E-state index in [1.165, 1.54) is 12.1 Å². The van der Waals surface area contributed by atoms with Crippen molar-refractivity contribution in [3.8, 4) is 0 Å². The van der Waals surface area contributed by atoms with Gasteiger partial charge in [-0.3, -0.25) is 4.98 Å². The Bertz CT molecular complexity index is 915. The lowest BCUT2D eigenvalue weighted by Crippen LogP contribution is -2.46. The van der Waals surface area contributed by atoms with Crippen molar-refractivity contribution in [3.05, 3.63) is 66.4 Å². The van der Waals surface area contributed by atoms with Crippen LogP contribution in [0, 0.1) is 0 Å². The van der Waals surface area contributed by atoms with Crippen LogP contribution < -0.4 is 9.80 Å². The summed E-state index contributed by atoms with van der Waals surface area (Å²) < 4.78 is 38.7. The minimum atomic E-state index is -4.31. The van der Waals surface area contributed by atoms with Crippen molar-refractivity contribution in [1.29, 1.82) is 0 Å². The molecule has 134 valence electrons. The molecule has 2 aromatic carbocycles. The van der Waals surface area contributed by atoms with Gasteiger partial charge in [0.1, 0.15) is 0 Å². The number of piperazine rings is 1. The van der Waals surface area contributed by atoms with E-state index in [4.69, 9.17) is 0 Å². The molecule has 0 radical (unpaired) electrons. The van der Waals surface area contributed by atoms with Crippen molar-refractivity contribution >= 4 is 22.3 Å². The van der Waals surface area contributed by atoms with E-state index in [0.717, 1.165) is 35.7 Å². The van der Waals surface area contributed by atoms with Crippen molar-refractivity contribution in [2.24, 2.45) is 0 Å². The molecular weight excluding hydrogens is 339 g/mol. The first kappa shape index (κ1) is 16.7. The molecule has 4 rings (SSSR count). The second-order valence-corrected chi connectivity index (χ2v) is 6.40. The molecule has 0 atom stereocenters. The van der Waals surface area contributed by atoms with Gasteiger partial charge >= 0.3 is 6.18 Å². The van der Waals surface area contributed by atoms with Crippen molar-refractivity contribution in [2.45, 2.75) is 6.18 Å². The van der Waals surface area contributed by atoms with Crippen LogP contribution in [0.25, 0.3) is 10.9 Å². The number of anilines is 2. The van der Waals surface area contributed by atoms with E-state index in [9.17, 15) is 13.2 Å². The van der Waals surface area contributed by atoms with E-state index < -0.39 is 11.7 Å². The van der Waals surface area contributed by atoms with E-state index in [-0.39, 0.29) is 0 Å². The van der Waals surface area contributed by atoms with E-state index in [2.05, 4.69) is 22.0 Å². The van der Waals surface area contributed by atoms with E-state index in [0.29, 0.717) is 18.8 Å². The van der Waals surface area contributed by atoms with Crippen LogP contribution in [-0.4, -0.2) is 31.2 Å². The second-order valence-electron chi connectivity index (χ2n) is 6.40. The van der Waals surface area contributed by atoms with Crippen LogP contribution in [0.2, 0.25) is 0 Å². The topological polar surface area (TPSA) is 19.4 Å². The Morgan fingerprint density at radius 1 is 0.769 bits per heavy atom. The zero-order valence-electron chi connectivity index (χ0n) is 14.1. The van der Waals surface area contributed by atoms with Crippen LogP contribution in [0.15, 0.2) is 60.8 Å². The molecule has 1 saturated heterocycles. The molecule has 2 heterocycles. The SMILES string of the molecule is FC(F)(F)c1cccc(N2CCN(c3ccc4ncccc4c3)CC2)c1. The number of hydrogen-bond donors (Lipinski definition) is 0. The fourth-order valence-corrected chi connectivity index (χ4v) is 3.36. The van der Waals surface area contributed by atoms with Crippen LogP contribution in [0.5, 0.6) is 0 Å². The number of benzene rings is 2. The van der Waals surface area contributed by atoms with Crippen LogP contribution in [0.3, 0.4) is 0 Å². The first-order chi connectivity index (χ1) is 12.5. The molecule has 0 N–H and O–H groups in total. The molecule has 3 nitrogen and oxygen atoms in total. The Morgan fingerprint density at radius 3 is 2.15 bits per heavy atom. The van der Waals surface area contributed by atoms with Crippen molar-refractivity contribution < 1.29 is 13.2 Å². The minimum Gasteiger partial charge on any atom is -0.368 e. The molecule has 1 aliphatic heterocycles. The minimum absolute atomic E-state index is 0.598. The summed E-state index contributed by atoms with van der Waals surface area (Å²) in [5, 5.41) is 1.09. The average Bonchev–Trinajstić information content (AvgIpc) is 2.67. The van der Waals surface area contributed by atoms with Gasteiger partial charge < -0.3 is 9.80 Å². The van der Waals surface area contributed by atoms with Gasteiger partial charge in [0.2, 0.25) is 0 Å². The maximum atomic E-state index is 12.9. The first-order valence-electron chi connectivity index (χ1n) is 8.53. The Kier molecular flexibility index (Phi) is 4.18. The zero-order chi connectivity index (χ0) is 18.1. The molecule has 3 aromatic rings. The molecule has 1 aromatic heterocycles. The highest BCUT2D eigenvalue weighted by molar-refractivity contribution is 5.82. The van der Waals surface area contributed by atoms with Crippen molar-refractivity contribution in [3.63, 3.8) is 0 Å². The lowest BCUT2D eigenvalue weighted by molar-refractivity contribution is -0.137. The zero-order valence-corrected chi connectivity index (χ0v) is 14.1. The Labute approximate surface area is 149 Å². The van der Waals surface area contributed by atoms with Crippen LogP contribution in [0.1, 0.15) is 5.56 Å². The highest BCUT2D eigenvalue weighted by Gasteiger charge is 2.31. The van der Waals surface area contributed by atoms with Crippen LogP contribution in [-0.2, 0) is 6.18 Å². The number of pyridine rings is 1. The number of rotatable bonds is 2. The summed E-state index contributed by atoms with van der Waals surface area (Å²) in [5.74, 6) is 0. The largest absolute Gasteiger partial charge is 0.416 e. The molecule has 0 unspecified atom stereocenters. The van der Waals surface area contributed by atoms with E-state index in [1.54, 1.807) is 12.3 Å². The predicted octanol–water partition coefficient (Wildman–Crippen LogP) is 4.58. The smallest absolute Gasteiger partial charge is 0.368 e. The summed E-state index contributed by atoms with van der Waals surface area (Å²) in [7, 11) is 0. The summed E-state index contributed by atoms with van der Waals surface area (Å²) in [6.45, 7) is 2.91. The molecule has 0 aliphatic carbocycles. The third-order valence-corrected chi connectivity index (χ3v) is 4.77. The Morgan fingerprint density at radius 2 is 1.46 bits per heavy atom. The number of alkyl halides is 3. The normalized spacial score (nSPS) is 15.5. The number of aromatic nitrogens is 1. The fourth-order valence-electron chi connectivity index (χ4n) is 3.36. The van der Waals surface area contributed by atoms with Gasteiger partial charge in [0.15, 0.2) is 0 Å². The van der Waals surface area contributed by atoms with Crippen molar-refractivity contribution in [1.82, 2.24) is 4.98 Å². The average molecular weight is 357 g/mol. The highest BCUT2D eigenvalue weighted by Crippen LogP contribution is 2.32. The molecule has 6 heteroatoms. The van der Waals surface area contributed by atoms with Gasteiger partial charge in [-0.2, -0.15) is 13.2 Å². The summed E-state index contributed by atoms with van der Waals surface area (Å²) in [6.07, 6.45) is -2.53. The van der Waals surface area contributed by atoms with Gasteiger partial charge in [-0.25, -0.2) is 0 Å². The quantitative estimate of drug-likeness (QED) is 0.669. The van der Waals surface area contributed by atoms with Gasteiger partial charge in [-0.15, -0.1) is 0 Å². The third kappa shape index (κ3) is 3.31. The first-order valence-corrected chi connectivity index (χ1v) is 8.53. The summed E-state index contributed by atoms with van der Waals surface area (Å²) in [4.78, 5) is 8.60. The second kappa shape index (κ2) is 6.52. The standard InChI is InChI=1S/C20H18F3N3/c21-20(22,23)16-4-1-5-17(14-16)25-9-11-26(12-10-25)18-6-7-19-15(13-18)3-2-8-24-19/h1-8,13-14H,9-12H2. The molecule has 0 bridgehead atoms. The molecule has 26 heavy (non-hydrogen) atoms. The van der Waals surface area contributed by atoms with Gasteiger partial charge in [0, 0.05) is 49.1 Å². The lowest BCUT2D eigenvalue weighted by Gasteiger charge is -2.37. The lowest BCUT2D eigenvalue weighted by atomic mass is 10.1. The van der Waals surface area contributed by atoms with Gasteiger partial charge in [-0.1, -0.05) is 12.1 Å². The number of nitrogens with zero attached hydrogens (tertiary/aromatic N) is 3. The molecule has 0 amide bonds. The summed E-state index contributed by atoms with van der Waals surface area (Å²) in [6, 6.07) is 15.7. The molecule has 0 saturated carbocycles.